The zero-order valence-electron chi connectivity index (χ0n) is 7.89. The van der Waals surface area contributed by atoms with Gasteiger partial charge in [0.1, 0.15) is 0 Å². The molecular weight excluding hydrogens is 142 g/mol. The van der Waals surface area contributed by atoms with Crippen LogP contribution in [0.15, 0.2) is 0 Å². The van der Waals surface area contributed by atoms with Crippen molar-refractivity contribution in [3.63, 3.8) is 0 Å². The number of methoxy groups -OCH3 is 2. The van der Waals surface area contributed by atoms with Crippen molar-refractivity contribution < 1.29 is 9.47 Å². The highest BCUT2D eigenvalue weighted by Gasteiger charge is 2.32. The molecule has 0 bridgehead atoms. The van der Waals surface area contributed by atoms with Crippen LogP contribution < -0.4 is 5.73 Å². The second-order valence-corrected chi connectivity index (χ2v) is 2.91. The van der Waals surface area contributed by atoms with E-state index in [1.165, 1.54) is 0 Å². The summed E-state index contributed by atoms with van der Waals surface area (Å²) >= 11 is 0. The molecule has 0 fully saturated rings. The zero-order valence-corrected chi connectivity index (χ0v) is 7.89. The van der Waals surface area contributed by atoms with E-state index in [2.05, 4.69) is 13.8 Å². The van der Waals surface area contributed by atoms with Crippen LogP contribution in [-0.2, 0) is 9.47 Å². The normalized spacial score (nSPS) is 12.5. The molecule has 0 aromatic heterocycles. The highest BCUT2D eigenvalue weighted by atomic mass is 16.7. The third kappa shape index (κ3) is 2.43. The first-order chi connectivity index (χ1) is 5.13. The number of hydrogen-bond donors (Lipinski definition) is 1. The van der Waals surface area contributed by atoms with E-state index in [0.29, 0.717) is 12.5 Å². The predicted molar refractivity (Wildman–Crippen MR) is 45.3 cm³/mol. The van der Waals surface area contributed by atoms with Crippen LogP contribution in [0.4, 0.5) is 0 Å². The van der Waals surface area contributed by atoms with Gasteiger partial charge in [0.2, 0.25) is 0 Å². The van der Waals surface area contributed by atoms with Gasteiger partial charge in [0.25, 0.3) is 0 Å². The van der Waals surface area contributed by atoms with Crippen molar-refractivity contribution in [3.8, 4) is 0 Å². The summed E-state index contributed by atoms with van der Waals surface area (Å²) in [5.41, 5.74) is 5.44. The summed E-state index contributed by atoms with van der Waals surface area (Å²) < 4.78 is 10.6. The predicted octanol–water partition coefficient (Wildman–Crippen LogP) is 0.980. The fourth-order valence-corrected chi connectivity index (χ4v) is 1.25. The average molecular weight is 161 g/mol. The second-order valence-electron chi connectivity index (χ2n) is 2.91. The maximum absolute atomic E-state index is 5.44. The fraction of sp³-hybridized carbons (Fsp3) is 1.00. The van der Waals surface area contributed by atoms with Crippen LogP contribution in [0.2, 0.25) is 0 Å². The molecule has 68 valence electrons. The van der Waals surface area contributed by atoms with E-state index in [1.54, 1.807) is 14.2 Å². The van der Waals surface area contributed by atoms with Crippen molar-refractivity contribution in [1.82, 2.24) is 0 Å². The van der Waals surface area contributed by atoms with E-state index in [4.69, 9.17) is 15.2 Å². The molecule has 0 atom stereocenters. The van der Waals surface area contributed by atoms with E-state index in [1.807, 2.05) is 0 Å². The molecular formula is C8H19NO2. The molecule has 0 spiro atoms. The fourth-order valence-electron chi connectivity index (χ4n) is 1.25. The number of rotatable bonds is 5. The Morgan fingerprint density at radius 3 is 1.82 bits per heavy atom. The maximum atomic E-state index is 5.44. The quantitative estimate of drug-likeness (QED) is 0.611. The Morgan fingerprint density at radius 1 is 1.27 bits per heavy atom. The Kier molecular flexibility index (Phi) is 4.65. The lowest BCUT2D eigenvalue weighted by Gasteiger charge is -2.34. The Balaban J connectivity index is 4.20. The van der Waals surface area contributed by atoms with Crippen LogP contribution in [0.25, 0.3) is 0 Å². The Morgan fingerprint density at radius 2 is 1.73 bits per heavy atom. The largest absolute Gasteiger partial charge is 0.353 e. The van der Waals surface area contributed by atoms with Crippen LogP contribution in [0.3, 0.4) is 0 Å². The Hall–Kier alpha value is -0.120. The lowest BCUT2D eigenvalue weighted by atomic mass is 9.99. The van der Waals surface area contributed by atoms with E-state index in [0.717, 1.165) is 6.42 Å². The Labute approximate surface area is 68.9 Å². The molecule has 3 nitrogen and oxygen atoms in total. The van der Waals surface area contributed by atoms with Crippen molar-refractivity contribution in [2.75, 3.05) is 20.8 Å². The van der Waals surface area contributed by atoms with Gasteiger partial charge in [0, 0.05) is 26.6 Å². The van der Waals surface area contributed by atoms with Crippen molar-refractivity contribution >= 4 is 0 Å². The molecule has 0 heterocycles. The first kappa shape index (κ1) is 10.9. The highest BCUT2D eigenvalue weighted by molar-refractivity contribution is 4.73. The van der Waals surface area contributed by atoms with Crippen molar-refractivity contribution in [3.05, 3.63) is 0 Å². The molecule has 0 aromatic rings. The maximum Gasteiger partial charge on any atom is 0.170 e. The van der Waals surface area contributed by atoms with Gasteiger partial charge in [0.15, 0.2) is 5.79 Å². The lowest BCUT2D eigenvalue weighted by molar-refractivity contribution is -0.235. The third-order valence-corrected chi connectivity index (χ3v) is 2.06. The molecule has 11 heavy (non-hydrogen) atoms. The minimum absolute atomic E-state index is 0.320. The van der Waals surface area contributed by atoms with Gasteiger partial charge < -0.3 is 15.2 Å². The number of ether oxygens (including phenoxy) is 2. The summed E-state index contributed by atoms with van der Waals surface area (Å²) in [6, 6.07) is 0. The van der Waals surface area contributed by atoms with Gasteiger partial charge in [-0.05, 0) is 6.54 Å². The first-order valence-corrected chi connectivity index (χ1v) is 3.93. The van der Waals surface area contributed by atoms with Gasteiger partial charge in [-0.25, -0.2) is 0 Å². The van der Waals surface area contributed by atoms with E-state index in [-0.39, 0.29) is 0 Å². The van der Waals surface area contributed by atoms with E-state index >= 15 is 0 Å². The average Bonchev–Trinajstić information content (AvgIpc) is 2.00. The molecule has 0 aliphatic rings. The second kappa shape index (κ2) is 4.70. The number of hydrogen-bond acceptors (Lipinski definition) is 3. The van der Waals surface area contributed by atoms with Crippen molar-refractivity contribution in [1.29, 1.82) is 0 Å². The SMILES string of the molecule is COC(CCN)(OC)C(C)C. The summed E-state index contributed by atoms with van der Waals surface area (Å²) in [5.74, 6) is -0.171. The molecule has 2 N–H and O–H groups in total. The molecule has 0 aliphatic heterocycles. The first-order valence-electron chi connectivity index (χ1n) is 3.93. The van der Waals surface area contributed by atoms with Gasteiger partial charge >= 0.3 is 0 Å². The zero-order chi connectivity index (χ0) is 8.91. The summed E-state index contributed by atoms with van der Waals surface area (Å²) in [5, 5.41) is 0. The summed E-state index contributed by atoms with van der Waals surface area (Å²) in [4.78, 5) is 0. The van der Waals surface area contributed by atoms with E-state index in [9.17, 15) is 0 Å². The summed E-state index contributed by atoms with van der Waals surface area (Å²) in [6.45, 7) is 4.70. The topological polar surface area (TPSA) is 44.5 Å². The van der Waals surface area contributed by atoms with Gasteiger partial charge in [-0.1, -0.05) is 13.8 Å². The molecule has 0 amide bonds. The molecule has 0 unspecified atom stereocenters. The van der Waals surface area contributed by atoms with Crippen molar-refractivity contribution in [2.45, 2.75) is 26.1 Å². The van der Waals surface area contributed by atoms with Crippen LogP contribution >= 0.6 is 0 Å². The van der Waals surface area contributed by atoms with Crippen LogP contribution in [0.5, 0.6) is 0 Å². The molecule has 0 radical (unpaired) electrons. The third-order valence-electron chi connectivity index (χ3n) is 2.06. The standard InChI is InChI=1S/C8H19NO2/c1-7(2)8(10-3,11-4)5-6-9/h7H,5-6,9H2,1-4H3. The smallest absolute Gasteiger partial charge is 0.170 e. The molecule has 0 rings (SSSR count). The minimum atomic E-state index is -0.491. The monoisotopic (exact) mass is 161 g/mol. The van der Waals surface area contributed by atoms with Gasteiger partial charge in [-0.3, -0.25) is 0 Å². The van der Waals surface area contributed by atoms with Crippen LogP contribution in [0.1, 0.15) is 20.3 Å². The Bertz CT molecular complexity index is 100. The van der Waals surface area contributed by atoms with Crippen LogP contribution in [-0.4, -0.2) is 26.6 Å². The van der Waals surface area contributed by atoms with Gasteiger partial charge in [0.05, 0.1) is 0 Å². The van der Waals surface area contributed by atoms with E-state index < -0.39 is 5.79 Å². The van der Waals surface area contributed by atoms with Crippen molar-refractivity contribution in [2.24, 2.45) is 11.7 Å². The van der Waals surface area contributed by atoms with Gasteiger partial charge in [-0.2, -0.15) is 0 Å². The highest BCUT2D eigenvalue weighted by Crippen LogP contribution is 2.25. The minimum Gasteiger partial charge on any atom is -0.353 e. The molecule has 0 aliphatic carbocycles. The van der Waals surface area contributed by atoms with Gasteiger partial charge in [-0.15, -0.1) is 0 Å². The molecule has 0 saturated heterocycles. The molecule has 3 heteroatoms. The lowest BCUT2D eigenvalue weighted by Crippen LogP contribution is -2.41. The summed E-state index contributed by atoms with van der Waals surface area (Å²) in [7, 11) is 3.30. The molecule has 0 aromatic carbocycles. The number of nitrogens with two attached hydrogens (primary N) is 1. The summed E-state index contributed by atoms with van der Waals surface area (Å²) in [6.07, 6.45) is 0.734. The molecule has 0 saturated carbocycles. The van der Waals surface area contributed by atoms with Crippen LogP contribution in [0, 0.1) is 5.92 Å².